The van der Waals surface area contributed by atoms with Crippen molar-refractivity contribution in [3.63, 3.8) is 0 Å². The predicted octanol–water partition coefficient (Wildman–Crippen LogP) is 3.54. The van der Waals surface area contributed by atoms with Crippen molar-refractivity contribution >= 4 is 11.8 Å². The number of fused-ring (bicyclic) bond motifs is 1. The predicted molar refractivity (Wildman–Crippen MR) is 112 cm³/mol. The third-order valence-electron chi connectivity index (χ3n) is 6.16. The second-order valence-electron chi connectivity index (χ2n) is 7.92. The molecule has 1 heterocycles. The molecular weight excluding hydrogens is 364 g/mol. The number of rotatable bonds is 4. The van der Waals surface area contributed by atoms with Crippen molar-refractivity contribution in [2.75, 3.05) is 20.2 Å². The van der Waals surface area contributed by atoms with Gasteiger partial charge < -0.3 is 15.0 Å². The Hall–Kier alpha value is -2.82. The zero-order valence-corrected chi connectivity index (χ0v) is 16.9. The Labute approximate surface area is 172 Å². The maximum atomic E-state index is 13.2. The number of benzene rings is 2. The van der Waals surface area contributed by atoms with E-state index in [1.54, 1.807) is 19.2 Å². The van der Waals surface area contributed by atoms with E-state index in [-0.39, 0.29) is 23.8 Å². The van der Waals surface area contributed by atoms with Crippen molar-refractivity contribution in [2.45, 2.75) is 44.1 Å². The van der Waals surface area contributed by atoms with E-state index in [0.29, 0.717) is 24.4 Å². The van der Waals surface area contributed by atoms with E-state index in [9.17, 15) is 9.59 Å². The summed E-state index contributed by atoms with van der Waals surface area (Å²) in [6.45, 7) is 1.38. The Bertz CT molecular complexity index is 887. The number of hydrogen-bond donors (Lipinski definition) is 1. The lowest BCUT2D eigenvalue weighted by Crippen LogP contribution is -2.48. The fraction of sp³-hybridized carbons (Fsp3) is 0.417. The van der Waals surface area contributed by atoms with E-state index in [4.69, 9.17) is 4.74 Å². The molecule has 2 aromatic rings. The Balaban J connectivity index is 1.35. The molecule has 152 valence electrons. The van der Waals surface area contributed by atoms with Crippen molar-refractivity contribution in [1.29, 1.82) is 0 Å². The van der Waals surface area contributed by atoms with Gasteiger partial charge in [-0.2, -0.15) is 0 Å². The number of nitrogens with one attached hydrogen (secondary N) is 1. The summed E-state index contributed by atoms with van der Waals surface area (Å²) in [6, 6.07) is 15.7. The SMILES string of the molecule is COc1ccccc1C(=O)NC1CCN(C(=O)[C@H]2CCCc3ccccc32)CC1. The lowest BCUT2D eigenvalue weighted by molar-refractivity contribution is -0.134. The fourth-order valence-corrected chi connectivity index (χ4v) is 4.57. The van der Waals surface area contributed by atoms with Crippen LogP contribution in [0.1, 0.15) is 53.1 Å². The molecule has 1 saturated heterocycles. The Morgan fingerprint density at radius 2 is 1.72 bits per heavy atom. The number of nitrogens with zero attached hydrogens (tertiary/aromatic N) is 1. The van der Waals surface area contributed by atoms with Crippen LogP contribution in [0.3, 0.4) is 0 Å². The summed E-state index contributed by atoms with van der Waals surface area (Å²) in [6.07, 6.45) is 4.62. The largest absolute Gasteiger partial charge is 0.496 e. The highest BCUT2D eigenvalue weighted by Crippen LogP contribution is 2.33. The number of carbonyl (C=O) groups is 2. The minimum absolute atomic E-state index is 0.0142. The molecule has 0 spiro atoms. The second kappa shape index (κ2) is 8.68. The molecule has 2 aromatic carbocycles. The number of hydrogen-bond acceptors (Lipinski definition) is 3. The third kappa shape index (κ3) is 4.14. The lowest BCUT2D eigenvalue weighted by Gasteiger charge is -2.36. The van der Waals surface area contributed by atoms with E-state index < -0.39 is 0 Å². The summed E-state index contributed by atoms with van der Waals surface area (Å²) in [5.41, 5.74) is 3.07. The number of amides is 2. The van der Waals surface area contributed by atoms with Crippen molar-refractivity contribution < 1.29 is 14.3 Å². The summed E-state index contributed by atoms with van der Waals surface area (Å²) >= 11 is 0. The molecule has 1 N–H and O–H groups in total. The van der Waals surface area contributed by atoms with Gasteiger partial charge in [0.2, 0.25) is 5.91 Å². The molecule has 5 heteroatoms. The average Bonchev–Trinajstić information content (AvgIpc) is 2.78. The molecule has 2 amide bonds. The number of likely N-dealkylation sites (tertiary alicyclic amines) is 1. The van der Waals surface area contributed by atoms with Gasteiger partial charge in [0.25, 0.3) is 5.91 Å². The van der Waals surface area contributed by atoms with Crippen molar-refractivity contribution in [3.05, 3.63) is 65.2 Å². The van der Waals surface area contributed by atoms with Gasteiger partial charge in [-0.15, -0.1) is 0 Å². The summed E-state index contributed by atoms with van der Waals surface area (Å²) in [4.78, 5) is 27.8. The standard InChI is InChI=1S/C24H28N2O3/c1-29-22-12-5-4-10-21(22)23(27)25-18-13-15-26(16-14-18)24(28)20-11-6-8-17-7-2-3-9-19(17)20/h2-5,7,9-10,12,18,20H,6,8,11,13-16H2,1H3,(H,25,27)/t20-/m0/s1. The van der Waals surface area contributed by atoms with Gasteiger partial charge in [0.1, 0.15) is 5.75 Å². The fourth-order valence-electron chi connectivity index (χ4n) is 4.57. The van der Waals surface area contributed by atoms with Gasteiger partial charge in [0.15, 0.2) is 0 Å². The minimum Gasteiger partial charge on any atom is -0.496 e. The smallest absolute Gasteiger partial charge is 0.255 e. The number of ether oxygens (including phenoxy) is 1. The van der Waals surface area contributed by atoms with Gasteiger partial charge in [-0.1, -0.05) is 36.4 Å². The second-order valence-corrected chi connectivity index (χ2v) is 7.92. The first-order valence-electron chi connectivity index (χ1n) is 10.5. The van der Waals surface area contributed by atoms with Gasteiger partial charge in [-0.05, 0) is 55.4 Å². The Morgan fingerprint density at radius 1 is 1.00 bits per heavy atom. The topological polar surface area (TPSA) is 58.6 Å². The highest BCUT2D eigenvalue weighted by Gasteiger charge is 2.32. The molecule has 1 aliphatic carbocycles. The van der Waals surface area contributed by atoms with E-state index in [2.05, 4.69) is 23.5 Å². The first-order chi connectivity index (χ1) is 14.2. The molecule has 0 bridgehead atoms. The average molecular weight is 392 g/mol. The summed E-state index contributed by atoms with van der Waals surface area (Å²) in [5.74, 6) is 0.688. The van der Waals surface area contributed by atoms with Crippen molar-refractivity contribution in [2.24, 2.45) is 0 Å². The van der Waals surface area contributed by atoms with Gasteiger partial charge in [-0.25, -0.2) is 0 Å². The normalized spacial score (nSPS) is 19.3. The third-order valence-corrected chi connectivity index (χ3v) is 6.16. The van der Waals surface area contributed by atoms with E-state index in [0.717, 1.165) is 32.1 Å². The van der Waals surface area contributed by atoms with Crippen LogP contribution >= 0.6 is 0 Å². The molecular formula is C24H28N2O3. The molecule has 2 aliphatic rings. The quantitative estimate of drug-likeness (QED) is 0.866. The number of methoxy groups -OCH3 is 1. The van der Waals surface area contributed by atoms with E-state index >= 15 is 0 Å². The number of aryl methyl sites for hydroxylation is 1. The summed E-state index contributed by atoms with van der Waals surface area (Å²) in [7, 11) is 1.57. The zero-order valence-electron chi connectivity index (χ0n) is 16.9. The molecule has 29 heavy (non-hydrogen) atoms. The number of piperidine rings is 1. The zero-order chi connectivity index (χ0) is 20.2. The van der Waals surface area contributed by atoms with Crippen LogP contribution in [0.25, 0.3) is 0 Å². The van der Waals surface area contributed by atoms with Gasteiger partial charge >= 0.3 is 0 Å². The highest BCUT2D eigenvalue weighted by atomic mass is 16.5. The minimum atomic E-state index is -0.117. The van der Waals surface area contributed by atoms with E-state index in [1.165, 1.54) is 11.1 Å². The van der Waals surface area contributed by atoms with Crippen LogP contribution < -0.4 is 10.1 Å². The van der Waals surface area contributed by atoms with Crippen LogP contribution in [0.15, 0.2) is 48.5 Å². The van der Waals surface area contributed by atoms with Crippen LogP contribution in [0.4, 0.5) is 0 Å². The molecule has 0 aromatic heterocycles. The number of para-hydroxylation sites is 1. The molecule has 1 fully saturated rings. The van der Waals surface area contributed by atoms with Crippen LogP contribution in [0.2, 0.25) is 0 Å². The Morgan fingerprint density at radius 3 is 2.52 bits per heavy atom. The molecule has 0 saturated carbocycles. The van der Waals surface area contributed by atoms with Gasteiger partial charge in [0, 0.05) is 19.1 Å². The lowest BCUT2D eigenvalue weighted by atomic mass is 9.82. The first kappa shape index (κ1) is 19.5. The Kier molecular flexibility index (Phi) is 5.84. The first-order valence-corrected chi connectivity index (χ1v) is 10.5. The molecule has 1 aliphatic heterocycles. The van der Waals surface area contributed by atoms with Gasteiger partial charge in [-0.3, -0.25) is 9.59 Å². The van der Waals surface area contributed by atoms with Crippen molar-refractivity contribution in [3.8, 4) is 5.75 Å². The molecule has 5 nitrogen and oxygen atoms in total. The van der Waals surface area contributed by atoms with Crippen LogP contribution in [-0.2, 0) is 11.2 Å². The summed E-state index contributed by atoms with van der Waals surface area (Å²) in [5, 5.41) is 3.11. The van der Waals surface area contributed by atoms with Gasteiger partial charge in [0.05, 0.1) is 18.6 Å². The monoisotopic (exact) mass is 392 g/mol. The highest BCUT2D eigenvalue weighted by molar-refractivity contribution is 5.97. The number of carbonyl (C=O) groups excluding carboxylic acids is 2. The molecule has 1 atom stereocenters. The molecule has 0 unspecified atom stereocenters. The van der Waals surface area contributed by atoms with Crippen LogP contribution in [0.5, 0.6) is 5.75 Å². The molecule has 4 rings (SSSR count). The van der Waals surface area contributed by atoms with Crippen LogP contribution in [-0.4, -0.2) is 43.0 Å². The maximum absolute atomic E-state index is 13.2. The van der Waals surface area contributed by atoms with Crippen LogP contribution in [0, 0.1) is 0 Å². The summed E-state index contributed by atoms with van der Waals surface area (Å²) < 4.78 is 5.29. The van der Waals surface area contributed by atoms with E-state index in [1.807, 2.05) is 23.1 Å². The maximum Gasteiger partial charge on any atom is 0.255 e. The molecule has 0 radical (unpaired) electrons. The van der Waals surface area contributed by atoms with Crippen molar-refractivity contribution in [1.82, 2.24) is 10.2 Å².